The second-order valence-electron chi connectivity index (χ2n) is 5.41. The third-order valence-corrected chi connectivity index (χ3v) is 4.80. The molecular weight excluding hydrogens is 288 g/mol. The van der Waals surface area contributed by atoms with E-state index in [1.807, 2.05) is 6.92 Å². The maximum Gasteiger partial charge on any atom is 0.279 e. The van der Waals surface area contributed by atoms with Gasteiger partial charge in [0.1, 0.15) is 0 Å². The van der Waals surface area contributed by atoms with Crippen molar-refractivity contribution in [2.45, 2.75) is 39.3 Å². The predicted octanol–water partition coefficient (Wildman–Crippen LogP) is 1.30. The summed E-state index contributed by atoms with van der Waals surface area (Å²) in [6.45, 7) is 7.24. The molecule has 0 saturated heterocycles. The molecule has 1 heterocycles. The van der Waals surface area contributed by atoms with Crippen LogP contribution < -0.4 is 10.0 Å². The molecule has 1 unspecified atom stereocenters. The Balaban J connectivity index is 2.48. The molecule has 0 aromatic carbocycles. The van der Waals surface area contributed by atoms with Crippen molar-refractivity contribution in [1.29, 1.82) is 0 Å². The van der Waals surface area contributed by atoms with Crippen molar-refractivity contribution >= 4 is 10.2 Å². The van der Waals surface area contributed by atoms with E-state index < -0.39 is 10.2 Å². The lowest BCUT2D eigenvalue weighted by Gasteiger charge is -2.21. The Hall–Kier alpha value is -1.02. The van der Waals surface area contributed by atoms with Gasteiger partial charge in [-0.2, -0.15) is 17.4 Å². The van der Waals surface area contributed by atoms with Gasteiger partial charge in [-0.05, 0) is 37.6 Å². The van der Waals surface area contributed by atoms with Crippen molar-refractivity contribution in [2.24, 2.45) is 0 Å². The Kier molecular flexibility index (Phi) is 7.24. The Morgan fingerprint density at radius 2 is 1.86 bits per heavy atom. The van der Waals surface area contributed by atoms with Crippen LogP contribution >= 0.6 is 0 Å². The Labute approximate surface area is 128 Å². The van der Waals surface area contributed by atoms with Crippen LogP contribution in [0.1, 0.15) is 38.8 Å². The summed E-state index contributed by atoms with van der Waals surface area (Å²) in [6, 6.07) is 3.74. The number of hydrogen-bond donors (Lipinski definition) is 2. The molecule has 0 saturated carbocycles. The van der Waals surface area contributed by atoms with Gasteiger partial charge < -0.3 is 5.32 Å². The van der Waals surface area contributed by atoms with E-state index in [9.17, 15) is 8.42 Å². The molecule has 7 heteroatoms. The van der Waals surface area contributed by atoms with Crippen molar-refractivity contribution in [3.05, 3.63) is 30.1 Å². The second kappa shape index (κ2) is 8.43. The second-order valence-corrected chi connectivity index (χ2v) is 7.22. The minimum atomic E-state index is -3.47. The van der Waals surface area contributed by atoms with Gasteiger partial charge in [0, 0.05) is 38.1 Å². The molecule has 21 heavy (non-hydrogen) atoms. The van der Waals surface area contributed by atoms with Crippen LogP contribution in [0.15, 0.2) is 24.5 Å². The van der Waals surface area contributed by atoms with Crippen molar-refractivity contribution in [3.63, 3.8) is 0 Å². The first kappa shape index (κ1) is 18.0. The summed E-state index contributed by atoms with van der Waals surface area (Å²) in [7, 11) is -1.88. The van der Waals surface area contributed by atoms with Gasteiger partial charge in [0.25, 0.3) is 10.2 Å². The fourth-order valence-corrected chi connectivity index (χ4v) is 2.98. The highest BCUT2D eigenvalue weighted by atomic mass is 32.2. The summed E-state index contributed by atoms with van der Waals surface area (Å²) in [5.74, 6) is 0. The zero-order chi connectivity index (χ0) is 15.9. The first-order valence-corrected chi connectivity index (χ1v) is 8.64. The third-order valence-electron chi connectivity index (χ3n) is 3.14. The Bertz CT molecular complexity index is 505. The molecule has 0 aliphatic carbocycles. The van der Waals surface area contributed by atoms with Crippen LogP contribution in [0.2, 0.25) is 0 Å². The van der Waals surface area contributed by atoms with Crippen LogP contribution in [0, 0.1) is 0 Å². The first-order valence-electron chi connectivity index (χ1n) is 7.20. The van der Waals surface area contributed by atoms with Gasteiger partial charge in [-0.15, -0.1) is 0 Å². The van der Waals surface area contributed by atoms with E-state index in [0.29, 0.717) is 12.6 Å². The maximum atomic E-state index is 12.2. The van der Waals surface area contributed by atoms with E-state index in [4.69, 9.17) is 0 Å². The summed E-state index contributed by atoms with van der Waals surface area (Å²) in [6.07, 6.45) is 4.09. The largest absolute Gasteiger partial charge is 0.314 e. The minimum Gasteiger partial charge on any atom is -0.314 e. The van der Waals surface area contributed by atoms with Gasteiger partial charge in [0.2, 0.25) is 0 Å². The van der Waals surface area contributed by atoms with E-state index in [2.05, 4.69) is 28.9 Å². The quantitative estimate of drug-likeness (QED) is 0.674. The number of aromatic nitrogens is 1. The standard InChI is InChI=1S/C14H26N4O2S/c1-12(2)16-8-5-11-18(4)21(19,20)17-13(3)14-6-9-15-10-7-14/h6-7,9-10,12-13,16-17H,5,8,11H2,1-4H3. The average Bonchev–Trinajstić information content (AvgIpc) is 2.43. The summed E-state index contributed by atoms with van der Waals surface area (Å²) >= 11 is 0. The highest BCUT2D eigenvalue weighted by Crippen LogP contribution is 2.12. The summed E-state index contributed by atoms with van der Waals surface area (Å²) < 4.78 is 28.5. The third kappa shape index (κ3) is 6.52. The van der Waals surface area contributed by atoms with Crippen LogP contribution in [-0.4, -0.2) is 43.9 Å². The van der Waals surface area contributed by atoms with E-state index >= 15 is 0 Å². The Morgan fingerprint density at radius 1 is 1.24 bits per heavy atom. The molecule has 0 fully saturated rings. The van der Waals surface area contributed by atoms with E-state index in [-0.39, 0.29) is 6.04 Å². The molecule has 0 aliphatic heterocycles. The highest BCUT2D eigenvalue weighted by molar-refractivity contribution is 7.87. The SMILES string of the molecule is CC(C)NCCCN(C)S(=O)(=O)NC(C)c1ccncc1. The zero-order valence-electron chi connectivity index (χ0n) is 13.2. The lowest BCUT2D eigenvalue weighted by Crippen LogP contribution is -2.40. The van der Waals surface area contributed by atoms with Gasteiger partial charge in [0.15, 0.2) is 0 Å². The molecule has 6 nitrogen and oxygen atoms in total. The maximum absolute atomic E-state index is 12.2. The van der Waals surface area contributed by atoms with Gasteiger partial charge in [-0.25, -0.2) is 0 Å². The van der Waals surface area contributed by atoms with E-state index in [1.54, 1.807) is 31.6 Å². The average molecular weight is 314 g/mol. The number of rotatable bonds is 9. The van der Waals surface area contributed by atoms with Crippen molar-refractivity contribution < 1.29 is 8.42 Å². The first-order chi connectivity index (χ1) is 9.83. The van der Waals surface area contributed by atoms with Crippen LogP contribution in [-0.2, 0) is 10.2 Å². The molecule has 120 valence electrons. The van der Waals surface area contributed by atoms with Crippen LogP contribution in [0.25, 0.3) is 0 Å². The summed E-state index contributed by atoms with van der Waals surface area (Å²) in [5, 5.41) is 3.27. The molecule has 0 spiro atoms. The molecule has 0 radical (unpaired) electrons. The molecule has 2 N–H and O–H groups in total. The molecule has 0 aliphatic rings. The van der Waals surface area contributed by atoms with Gasteiger partial charge >= 0.3 is 0 Å². The number of nitrogens with one attached hydrogen (secondary N) is 2. The predicted molar refractivity (Wildman–Crippen MR) is 85.1 cm³/mol. The van der Waals surface area contributed by atoms with Crippen LogP contribution in [0.4, 0.5) is 0 Å². The highest BCUT2D eigenvalue weighted by Gasteiger charge is 2.20. The fraction of sp³-hybridized carbons (Fsp3) is 0.643. The molecule has 1 aromatic heterocycles. The van der Waals surface area contributed by atoms with Gasteiger partial charge in [0.05, 0.1) is 0 Å². The number of nitrogens with zero attached hydrogens (tertiary/aromatic N) is 2. The lowest BCUT2D eigenvalue weighted by atomic mass is 10.1. The van der Waals surface area contributed by atoms with Crippen molar-refractivity contribution in [2.75, 3.05) is 20.1 Å². The van der Waals surface area contributed by atoms with Crippen LogP contribution in [0.3, 0.4) is 0 Å². The van der Waals surface area contributed by atoms with Crippen molar-refractivity contribution in [3.8, 4) is 0 Å². The van der Waals surface area contributed by atoms with Gasteiger partial charge in [-0.3, -0.25) is 4.98 Å². The molecule has 0 amide bonds. The smallest absolute Gasteiger partial charge is 0.279 e. The number of hydrogen-bond acceptors (Lipinski definition) is 4. The fourth-order valence-electron chi connectivity index (χ4n) is 1.85. The minimum absolute atomic E-state index is 0.283. The monoisotopic (exact) mass is 314 g/mol. The van der Waals surface area contributed by atoms with Crippen molar-refractivity contribution in [1.82, 2.24) is 19.3 Å². The van der Waals surface area contributed by atoms with Crippen LogP contribution in [0.5, 0.6) is 0 Å². The molecule has 1 aromatic rings. The summed E-state index contributed by atoms with van der Waals surface area (Å²) in [4.78, 5) is 3.93. The summed E-state index contributed by atoms with van der Waals surface area (Å²) in [5.41, 5.74) is 0.892. The molecule has 1 rings (SSSR count). The topological polar surface area (TPSA) is 74.3 Å². The molecule has 0 bridgehead atoms. The zero-order valence-corrected chi connectivity index (χ0v) is 14.0. The number of pyridine rings is 1. The lowest BCUT2D eigenvalue weighted by molar-refractivity contribution is 0.433. The van der Waals surface area contributed by atoms with E-state index in [0.717, 1.165) is 18.5 Å². The van der Waals surface area contributed by atoms with Gasteiger partial charge in [-0.1, -0.05) is 13.8 Å². The normalized spacial score (nSPS) is 13.8. The molecule has 1 atom stereocenters. The molecular formula is C14H26N4O2S. The van der Waals surface area contributed by atoms with E-state index in [1.165, 1.54) is 4.31 Å². The Morgan fingerprint density at radius 3 is 2.43 bits per heavy atom.